The summed E-state index contributed by atoms with van der Waals surface area (Å²) in [4.78, 5) is 11.6. The van der Waals surface area contributed by atoms with Gasteiger partial charge in [-0.3, -0.25) is 0 Å². The summed E-state index contributed by atoms with van der Waals surface area (Å²) >= 11 is 0. The Morgan fingerprint density at radius 1 is 0.941 bits per heavy atom. The predicted molar refractivity (Wildman–Crippen MR) is 134 cm³/mol. The number of unbranched alkanes of at least 4 members (excludes halogenated alkanes) is 4. The molecule has 1 atom stereocenters. The van der Waals surface area contributed by atoms with Crippen molar-refractivity contribution in [2.45, 2.75) is 71.1 Å². The second-order valence-corrected chi connectivity index (χ2v) is 8.87. The molecule has 0 saturated carbocycles. The molecule has 0 N–H and O–H groups in total. The van der Waals surface area contributed by atoms with Crippen molar-refractivity contribution in [1.82, 2.24) is 0 Å². The summed E-state index contributed by atoms with van der Waals surface area (Å²) < 4.78 is 40.0. The van der Waals surface area contributed by atoms with Crippen molar-refractivity contribution < 1.29 is 23.0 Å². The molecule has 5 heteroatoms. The van der Waals surface area contributed by atoms with Crippen LogP contribution in [0.2, 0.25) is 0 Å². The highest BCUT2D eigenvalue weighted by molar-refractivity contribution is 5.86. The molecule has 0 aliphatic rings. The fraction of sp³-hybridized carbons (Fsp3) is 0.483. The van der Waals surface area contributed by atoms with Gasteiger partial charge in [-0.15, -0.1) is 0 Å². The fourth-order valence-electron chi connectivity index (χ4n) is 4.01. The van der Waals surface area contributed by atoms with Crippen LogP contribution in [-0.4, -0.2) is 26.3 Å². The first-order chi connectivity index (χ1) is 16.4. The predicted octanol–water partition coefficient (Wildman–Crippen LogP) is 7.77. The molecule has 0 saturated heterocycles. The van der Waals surface area contributed by atoms with Gasteiger partial charge in [0.05, 0.1) is 6.61 Å². The number of hydrogen-bond donors (Lipinski definition) is 0. The normalized spacial score (nSPS) is 11.9. The first-order valence-electron chi connectivity index (χ1n) is 12.3. The number of carbonyl (C=O) groups is 1. The third-order valence-corrected chi connectivity index (χ3v) is 6.12. The van der Waals surface area contributed by atoms with Crippen molar-refractivity contribution in [2.75, 3.05) is 20.3 Å². The molecule has 0 aliphatic heterocycles. The van der Waals surface area contributed by atoms with Gasteiger partial charge >= 0.3 is 5.97 Å². The Kier molecular flexibility index (Phi) is 12.0. The van der Waals surface area contributed by atoms with Gasteiger partial charge in [-0.2, -0.15) is 0 Å². The van der Waals surface area contributed by atoms with Crippen molar-refractivity contribution in [3.63, 3.8) is 0 Å². The van der Waals surface area contributed by atoms with Crippen LogP contribution in [0.3, 0.4) is 0 Å². The van der Waals surface area contributed by atoms with Crippen LogP contribution in [0.25, 0.3) is 11.1 Å². The molecule has 0 heterocycles. The summed E-state index contributed by atoms with van der Waals surface area (Å²) in [6.07, 6.45) is 7.33. The van der Waals surface area contributed by atoms with E-state index in [1.54, 1.807) is 26.2 Å². The van der Waals surface area contributed by atoms with Gasteiger partial charge in [0.25, 0.3) is 0 Å². The Bertz CT molecular complexity index is 922. The van der Waals surface area contributed by atoms with E-state index in [1.807, 2.05) is 24.3 Å². The van der Waals surface area contributed by atoms with Crippen LogP contribution < -0.4 is 0 Å². The largest absolute Gasteiger partial charge is 0.462 e. The van der Waals surface area contributed by atoms with E-state index in [-0.39, 0.29) is 18.1 Å². The number of benzene rings is 2. The average Bonchev–Trinajstić information content (AvgIpc) is 2.83. The number of esters is 1. The van der Waals surface area contributed by atoms with Crippen molar-refractivity contribution in [2.24, 2.45) is 0 Å². The van der Waals surface area contributed by atoms with Crippen molar-refractivity contribution in [3.8, 4) is 11.1 Å². The lowest BCUT2D eigenvalue weighted by Gasteiger charge is -2.18. The van der Waals surface area contributed by atoms with Crippen molar-refractivity contribution in [3.05, 3.63) is 71.3 Å². The quantitative estimate of drug-likeness (QED) is 0.151. The standard InChI is InChI=1S/C29H38F2O3/c1-5-6-7-8-9-10-25-15-16-26(28(31)27(25)30)24-13-11-22(12-14-24)23(17-19-33-4)18-20-34-29(32)21(2)3/h11-16,23H,2,5-10,17-20H2,1,3-4H3. The summed E-state index contributed by atoms with van der Waals surface area (Å²) in [6, 6.07) is 10.9. The summed E-state index contributed by atoms with van der Waals surface area (Å²) in [5, 5.41) is 0. The lowest BCUT2D eigenvalue weighted by atomic mass is 9.91. The van der Waals surface area contributed by atoms with Crippen LogP contribution in [0, 0.1) is 11.6 Å². The molecular formula is C29H38F2O3. The van der Waals surface area contributed by atoms with E-state index in [4.69, 9.17) is 9.47 Å². The van der Waals surface area contributed by atoms with Gasteiger partial charge in [0, 0.05) is 24.9 Å². The van der Waals surface area contributed by atoms with E-state index in [9.17, 15) is 13.6 Å². The maximum atomic E-state index is 14.9. The van der Waals surface area contributed by atoms with Gasteiger partial charge in [-0.1, -0.05) is 75.6 Å². The minimum Gasteiger partial charge on any atom is -0.462 e. The van der Waals surface area contributed by atoms with Gasteiger partial charge in [0.1, 0.15) is 0 Å². The van der Waals surface area contributed by atoms with E-state index in [2.05, 4.69) is 13.5 Å². The molecule has 0 bridgehead atoms. The zero-order valence-electron chi connectivity index (χ0n) is 20.8. The maximum absolute atomic E-state index is 14.9. The smallest absolute Gasteiger partial charge is 0.333 e. The van der Waals surface area contributed by atoms with Crippen LogP contribution in [0.15, 0.2) is 48.6 Å². The minimum absolute atomic E-state index is 0.114. The molecule has 34 heavy (non-hydrogen) atoms. The van der Waals surface area contributed by atoms with Crippen molar-refractivity contribution in [1.29, 1.82) is 0 Å². The van der Waals surface area contributed by atoms with Crippen LogP contribution in [0.5, 0.6) is 0 Å². The lowest BCUT2D eigenvalue weighted by molar-refractivity contribution is -0.139. The number of hydrogen-bond acceptors (Lipinski definition) is 3. The van der Waals surface area contributed by atoms with Gasteiger partial charge < -0.3 is 9.47 Å². The highest BCUT2D eigenvalue weighted by Crippen LogP contribution is 2.30. The molecular weight excluding hydrogens is 434 g/mol. The SMILES string of the molecule is C=C(C)C(=O)OCCC(CCOC)c1ccc(-c2ccc(CCCCCCC)c(F)c2F)cc1. The third kappa shape index (κ3) is 8.35. The Morgan fingerprint density at radius 3 is 2.26 bits per heavy atom. The highest BCUT2D eigenvalue weighted by atomic mass is 19.2. The number of aryl methyl sites for hydroxylation is 1. The lowest BCUT2D eigenvalue weighted by Crippen LogP contribution is -2.11. The molecule has 0 aromatic heterocycles. The minimum atomic E-state index is -0.790. The van der Waals surface area contributed by atoms with Gasteiger partial charge in [-0.25, -0.2) is 13.6 Å². The van der Waals surface area contributed by atoms with Gasteiger partial charge in [0.15, 0.2) is 11.6 Å². The molecule has 0 radical (unpaired) electrons. The van der Waals surface area contributed by atoms with E-state index in [0.29, 0.717) is 36.1 Å². The maximum Gasteiger partial charge on any atom is 0.333 e. The molecule has 2 aromatic carbocycles. The zero-order chi connectivity index (χ0) is 24.9. The summed E-state index contributed by atoms with van der Waals surface area (Å²) in [7, 11) is 1.65. The van der Waals surface area contributed by atoms with E-state index in [0.717, 1.165) is 37.7 Å². The highest BCUT2D eigenvalue weighted by Gasteiger charge is 2.17. The second kappa shape index (κ2) is 14.7. The Hall–Kier alpha value is -2.53. The molecule has 1 unspecified atom stereocenters. The van der Waals surface area contributed by atoms with Gasteiger partial charge in [0.2, 0.25) is 0 Å². The third-order valence-electron chi connectivity index (χ3n) is 6.12. The van der Waals surface area contributed by atoms with Crippen LogP contribution in [-0.2, 0) is 20.7 Å². The molecule has 186 valence electrons. The van der Waals surface area contributed by atoms with Crippen molar-refractivity contribution >= 4 is 5.97 Å². The summed E-state index contributed by atoms with van der Waals surface area (Å²) in [5.74, 6) is -1.82. The summed E-state index contributed by atoms with van der Waals surface area (Å²) in [5.41, 5.74) is 2.75. The molecule has 0 amide bonds. The molecule has 0 fully saturated rings. The van der Waals surface area contributed by atoms with E-state index in [1.165, 1.54) is 6.42 Å². The van der Waals surface area contributed by atoms with Crippen LogP contribution in [0.4, 0.5) is 8.78 Å². The number of rotatable bonds is 15. The van der Waals surface area contributed by atoms with Crippen LogP contribution >= 0.6 is 0 Å². The van der Waals surface area contributed by atoms with E-state index >= 15 is 0 Å². The van der Waals surface area contributed by atoms with Gasteiger partial charge in [-0.05, 0) is 55.2 Å². The monoisotopic (exact) mass is 472 g/mol. The second-order valence-electron chi connectivity index (χ2n) is 8.87. The first-order valence-corrected chi connectivity index (χ1v) is 12.3. The Morgan fingerprint density at radius 2 is 1.62 bits per heavy atom. The fourth-order valence-corrected chi connectivity index (χ4v) is 4.01. The molecule has 3 nitrogen and oxygen atoms in total. The molecule has 0 aliphatic carbocycles. The number of ether oxygens (including phenoxy) is 2. The topological polar surface area (TPSA) is 35.5 Å². The van der Waals surface area contributed by atoms with Crippen LogP contribution in [0.1, 0.15) is 75.8 Å². The Labute approximate surface area is 203 Å². The summed E-state index contributed by atoms with van der Waals surface area (Å²) in [6.45, 7) is 8.21. The Balaban J connectivity index is 2.08. The number of halogens is 2. The zero-order valence-corrected chi connectivity index (χ0v) is 20.8. The molecule has 0 spiro atoms. The first kappa shape index (κ1) is 27.7. The number of methoxy groups -OCH3 is 1. The average molecular weight is 473 g/mol. The molecule has 2 aromatic rings. The van der Waals surface area contributed by atoms with E-state index < -0.39 is 17.6 Å². The number of carbonyl (C=O) groups excluding carboxylic acids is 1. The molecule has 2 rings (SSSR count).